The molecule has 0 aliphatic heterocycles. The minimum atomic E-state index is -3.31. The Hall–Kier alpha value is -2.61. The number of amides is 1. The minimum Gasteiger partial charge on any atom is -0.393 e. The fourth-order valence-corrected chi connectivity index (χ4v) is 4.42. The number of rotatable bonds is 6. The predicted octanol–water partition coefficient (Wildman–Crippen LogP) is 4.33. The monoisotopic (exact) mass is 460 g/mol. The third-order valence-electron chi connectivity index (χ3n) is 4.96. The first-order valence-electron chi connectivity index (χ1n) is 9.74. The number of halogens is 1. The van der Waals surface area contributed by atoms with E-state index in [4.69, 9.17) is 11.6 Å². The normalized spacial score (nSPS) is 12.6. The highest BCUT2D eigenvalue weighted by atomic mass is 35.5. The number of anilines is 1. The van der Waals surface area contributed by atoms with E-state index in [1.165, 1.54) is 12.1 Å². The summed E-state index contributed by atoms with van der Waals surface area (Å²) < 4.78 is 25.1. The fraction of sp³-hybridized carbons (Fsp3) is 0.261. The van der Waals surface area contributed by atoms with E-state index in [-0.39, 0.29) is 10.8 Å². The van der Waals surface area contributed by atoms with Crippen LogP contribution in [0.15, 0.2) is 53.4 Å². The molecule has 8 heteroatoms. The van der Waals surface area contributed by atoms with Gasteiger partial charge in [0.25, 0.3) is 5.91 Å². The van der Waals surface area contributed by atoms with Crippen LogP contribution in [0, 0.1) is 13.8 Å². The Bertz CT molecular complexity index is 1230. The molecule has 1 atom stereocenters. The lowest BCUT2D eigenvalue weighted by Gasteiger charge is -2.15. The second-order valence-electron chi connectivity index (χ2n) is 7.73. The van der Waals surface area contributed by atoms with E-state index >= 15 is 0 Å². The summed E-state index contributed by atoms with van der Waals surface area (Å²) in [5.74, 6) is -0.335. The summed E-state index contributed by atoms with van der Waals surface area (Å²) in [6.45, 7) is 5.46. The number of aliphatic hydroxyl groups excluding tert-OH is 1. The molecule has 0 spiro atoms. The third-order valence-corrected chi connectivity index (χ3v) is 6.39. The highest BCUT2D eigenvalue weighted by Crippen LogP contribution is 2.29. The van der Waals surface area contributed by atoms with Crippen molar-refractivity contribution in [3.05, 3.63) is 76.1 Å². The molecule has 0 saturated carbocycles. The average molecular weight is 461 g/mol. The molecule has 164 valence electrons. The standard InChI is InChI=1S/C23H25ClN2O4S/c1-14-5-10-22(21(24)11-14)26-16(3)20(13-18(26)12-15(2)27)23(28)25-17-6-8-19(9-7-17)31(4,29)30/h5-11,13,15,27H,12H2,1-4H3,(H,25,28). The zero-order valence-corrected chi connectivity index (χ0v) is 19.4. The molecule has 2 N–H and O–H groups in total. The molecule has 31 heavy (non-hydrogen) atoms. The summed E-state index contributed by atoms with van der Waals surface area (Å²) in [6, 6.07) is 13.4. The van der Waals surface area contributed by atoms with Crippen LogP contribution in [-0.4, -0.2) is 36.4 Å². The van der Waals surface area contributed by atoms with Gasteiger partial charge in [-0.15, -0.1) is 0 Å². The number of nitrogens with one attached hydrogen (secondary N) is 1. The third kappa shape index (κ3) is 5.18. The molecule has 3 rings (SSSR count). The largest absolute Gasteiger partial charge is 0.393 e. The molecule has 1 unspecified atom stereocenters. The van der Waals surface area contributed by atoms with Gasteiger partial charge in [-0.25, -0.2) is 8.42 Å². The van der Waals surface area contributed by atoms with Gasteiger partial charge in [-0.05, 0) is 68.8 Å². The predicted molar refractivity (Wildman–Crippen MR) is 123 cm³/mol. The second kappa shape index (κ2) is 8.86. The lowest BCUT2D eigenvalue weighted by atomic mass is 10.2. The van der Waals surface area contributed by atoms with E-state index in [2.05, 4.69) is 5.32 Å². The Labute approximate surface area is 187 Å². The van der Waals surface area contributed by atoms with Crippen molar-refractivity contribution in [1.29, 1.82) is 0 Å². The summed E-state index contributed by atoms with van der Waals surface area (Å²) in [6.07, 6.45) is 0.880. The number of carbonyl (C=O) groups is 1. The van der Waals surface area contributed by atoms with E-state index in [0.717, 1.165) is 23.2 Å². The van der Waals surface area contributed by atoms with Crippen molar-refractivity contribution in [3.63, 3.8) is 0 Å². The van der Waals surface area contributed by atoms with Crippen molar-refractivity contribution >= 4 is 33.0 Å². The molecule has 1 heterocycles. The first-order chi connectivity index (χ1) is 14.5. The summed E-state index contributed by atoms with van der Waals surface area (Å²) in [4.78, 5) is 13.2. The van der Waals surface area contributed by atoms with Crippen LogP contribution in [0.1, 0.15) is 34.2 Å². The van der Waals surface area contributed by atoms with Gasteiger partial charge in [0.2, 0.25) is 0 Å². The van der Waals surface area contributed by atoms with Gasteiger partial charge < -0.3 is 15.0 Å². The van der Waals surface area contributed by atoms with Crippen molar-refractivity contribution in [1.82, 2.24) is 4.57 Å². The van der Waals surface area contributed by atoms with Crippen LogP contribution in [0.5, 0.6) is 0 Å². The number of hydrogen-bond donors (Lipinski definition) is 2. The molecular weight excluding hydrogens is 436 g/mol. The zero-order valence-electron chi connectivity index (χ0n) is 17.8. The average Bonchev–Trinajstić information content (AvgIpc) is 2.97. The minimum absolute atomic E-state index is 0.182. The van der Waals surface area contributed by atoms with Crippen LogP contribution in [0.3, 0.4) is 0 Å². The van der Waals surface area contributed by atoms with Crippen LogP contribution >= 0.6 is 11.6 Å². The Kier molecular flexibility index (Phi) is 6.59. The Morgan fingerprint density at radius 2 is 1.77 bits per heavy atom. The smallest absolute Gasteiger partial charge is 0.257 e. The van der Waals surface area contributed by atoms with E-state index in [1.807, 2.05) is 36.6 Å². The lowest BCUT2D eigenvalue weighted by molar-refractivity contribution is 0.102. The van der Waals surface area contributed by atoms with Crippen molar-refractivity contribution < 1.29 is 18.3 Å². The van der Waals surface area contributed by atoms with Gasteiger partial charge in [-0.3, -0.25) is 4.79 Å². The van der Waals surface area contributed by atoms with Gasteiger partial charge in [0.1, 0.15) is 0 Å². The van der Waals surface area contributed by atoms with E-state index in [0.29, 0.717) is 28.4 Å². The van der Waals surface area contributed by atoms with Crippen LogP contribution in [0.25, 0.3) is 5.69 Å². The molecule has 1 amide bonds. The SMILES string of the molecule is Cc1ccc(-n2c(CC(C)O)cc(C(=O)Nc3ccc(S(C)(=O)=O)cc3)c2C)c(Cl)c1. The highest BCUT2D eigenvalue weighted by Gasteiger charge is 2.21. The first kappa shape index (κ1) is 23.1. The zero-order chi connectivity index (χ0) is 22.9. The Balaban J connectivity index is 1.99. The molecule has 1 aromatic heterocycles. The fourth-order valence-electron chi connectivity index (χ4n) is 3.47. The summed E-state index contributed by atoms with van der Waals surface area (Å²) in [5, 5.41) is 13.3. The maximum atomic E-state index is 13.0. The van der Waals surface area contributed by atoms with Gasteiger partial charge in [-0.1, -0.05) is 17.7 Å². The molecule has 0 fully saturated rings. The molecule has 3 aromatic rings. The highest BCUT2D eigenvalue weighted by molar-refractivity contribution is 7.90. The van der Waals surface area contributed by atoms with Crippen molar-refractivity contribution in [2.75, 3.05) is 11.6 Å². The van der Waals surface area contributed by atoms with Gasteiger partial charge in [-0.2, -0.15) is 0 Å². The van der Waals surface area contributed by atoms with Crippen LogP contribution in [-0.2, 0) is 16.3 Å². The molecule has 6 nitrogen and oxygen atoms in total. The van der Waals surface area contributed by atoms with E-state index < -0.39 is 15.9 Å². The summed E-state index contributed by atoms with van der Waals surface area (Å²) >= 11 is 6.48. The first-order valence-corrected chi connectivity index (χ1v) is 12.0. The summed E-state index contributed by atoms with van der Waals surface area (Å²) in [7, 11) is -3.31. The lowest BCUT2D eigenvalue weighted by Crippen LogP contribution is -2.13. The molecule has 2 aromatic carbocycles. The second-order valence-corrected chi connectivity index (χ2v) is 10.2. The van der Waals surface area contributed by atoms with Gasteiger partial charge >= 0.3 is 0 Å². The van der Waals surface area contributed by atoms with Gasteiger partial charge in [0.05, 0.1) is 27.3 Å². The van der Waals surface area contributed by atoms with Crippen molar-refractivity contribution in [2.24, 2.45) is 0 Å². The van der Waals surface area contributed by atoms with E-state index in [9.17, 15) is 18.3 Å². The number of nitrogens with zero attached hydrogens (tertiary/aromatic N) is 1. The van der Waals surface area contributed by atoms with Gasteiger partial charge in [0, 0.05) is 29.8 Å². The number of benzene rings is 2. The molecule has 0 radical (unpaired) electrons. The molecule has 0 bridgehead atoms. The van der Waals surface area contributed by atoms with Crippen molar-refractivity contribution in [3.8, 4) is 5.69 Å². The van der Waals surface area contributed by atoms with Crippen LogP contribution in [0.4, 0.5) is 5.69 Å². The Morgan fingerprint density at radius 3 is 2.32 bits per heavy atom. The molecule has 0 aliphatic carbocycles. The Morgan fingerprint density at radius 1 is 1.13 bits per heavy atom. The number of hydrogen-bond acceptors (Lipinski definition) is 4. The quantitative estimate of drug-likeness (QED) is 0.573. The maximum absolute atomic E-state index is 13.0. The molecule has 0 saturated heterocycles. The number of sulfone groups is 1. The van der Waals surface area contributed by atoms with E-state index in [1.54, 1.807) is 25.1 Å². The van der Waals surface area contributed by atoms with Gasteiger partial charge in [0.15, 0.2) is 9.84 Å². The maximum Gasteiger partial charge on any atom is 0.257 e. The van der Waals surface area contributed by atoms with Crippen LogP contribution < -0.4 is 5.32 Å². The summed E-state index contributed by atoms with van der Waals surface area (Å²) in [5.41, 5.74) is 4.13. The van der Waals surface area contributed by atoms with Crippen molar-refractivity contribution in [2.45, 2.75) is 38.2 Å². The topological polar surface area (TPSA) is 88.4 Å². The number of carbonyl (C=O) groups excluding carboxylic acids is 1. The number of aryl methyl sites for hydroxylation is 1. The number of aliphatic hydroxyl groups is 1. The van der Waals surface area contributed by atoms with Crippen LogP contribution in [0.2, 0.25) is 5.02 Å². The molecule has 0 aliphatic rings. The number of aromatic nitrogens is 1. The molecular formula is C23H25ClN2O4S.